The van der Waals surface area contributed by atoms with E-state index in [2.05, 4.69) is 17.9 Å². The van der Waals surface area contributed by atoms with Crippen LogP contribution in [0.15, 0.2) is 24.3 Å². The van der Waals surface area contributed by atoms with Gasteiger partial charge in [0.25, 0.3) is 0 Å². The molecule has 3 N–H and O–H groups in total. The van der Waals surface area contributed by atoms with Crippen LogP contribution in [-0.2, 0) is 6.54 Å². The van der Waals surface area contributed by atoms with Crippen LogP contribution in [0.25, 0.3) is 0 Å². The third-order valence-corrected chi connectivity index (χ3v) is 2.41. The van der Waals surface area contributed by atoms with E-state index in [4.69, 9.17) is 5.73 Å². The van der Waals surface area contributed by atoms with Gasteiger partial charge in [-0.1, -0.05) is 19.1 Å². The number of nitrogens with two attached hydrogens (primary N) is 1. The van der Waals surface area contributed by atoms with Gasteiger partial charge in [0.1, 0.15) is 0 Å². The van der Waals surface area contributed by atoms with Crippen molar-refractivity contribution in [2.24, 2.45) is 0 Å². The Bertz CT molecular complexity index is 331. The zero-order valence-corrected chi connectivity index (χ0v) is 10.4. The predicted molar refractivity (Wildman–Crippen MR) is 68.1 cm³/mol. The highest BCUT2D eigenvalue weighted by Crippen LogP contribution is 2.12. The zero-order valence-electron chi connectivity index (χ0n) is 10.4. The van der Waals surface area contributed by atoms with Gasteiger partial charge in [0.2, 0.25) is 0 Å². The Balaban J connectivity index is 2.63. The van der Waals surface area contributed by atoms with Gasteiger partial charge in [-0.2, -0.15) is 0 Å². The molecule has 0 aliphatic carbocycles. The lowest BCUT2D eigenvalue weighted by Gasteiger charge is -2.28. The van der Waals surface area contributed by atoms with E-state index >= 15 is 0 Å². The van der Waals surface area contributed by atoms with Crippen molar-refractivity contribution in [1.82, 2.24) is 4.90 Å². The van der Waals surface area contributed by atoms with E-state index in [1.807, 2.05) is 32.0 Å². The lowest BCUT2D eigenvalue weighted by atomic mass is 10.1. The van der Waals surface area contributed by atoms with Crippen LogP contribution < -0.4 is 5.73 Å². The Morgan fingerprint density at radius 1 is 1.38 bits per heavy atom. The van der Waals surface area contributed by atoms with Crippen molar-refractivity contribution in [1.29, 1.82) is 0 Å². The first-order valence-electron chi connectivity index (χ1n) is 5.70. The monoisotopic (exact) mass is 222 g/mol. The molecule has 1 aromatic carbocycles. The molecular weight excluding hydrogens is 200 g/mol. The average molecular weight is 222 g/mol. The Labute approximate surface area is 97.9 Å². The van der Waals surface area contributed by atoms with Crippen molar-refractivity contribution in [2.75, 3.05) is 18.8 Å². The molecule has 0 unspecified atom stereocenters. The molecule has 0 radical (unpaired) electrons. The molecule has 0 aliphatic rings. The molecule has 0 atom stereocenters. The molecular formula is C13H22N2O. The first kappa shape index (κ1) is 13.0. The van der Waals surface area contributed by atoms with Gasteiger partial charge < -0.3 is 10.8 Å². The molecule has 3 heteroatoms. The first-order chi connectivity index (χ1) is 7.40. The second-order valence-electron chi connectivity index (χ2n) is 4.86. The second-order valence-corrected chi connectivity index (χ2v) is 4.86. The number of hydrogen-bond donors (Lipinski definition) is 2. The summed E-state index contributed by atoms with van der Waals surface area (Å²) >= 11 is 0. The van der Waals surface area contributed by atoms with Gasteiger partial charge in [0.15, 0.2) is 0 Å². The SMILES string of the molecule is CCN(Cc1cccc(N)c1)CC(C)(C)O. The highest BCUT2D eigenvalue weighted by Gasteiger charge is 2.17. The van der Waals surface area contributed by atoms with Crippen molar-refractivity contribution in [3.63, 3.8) is 0 Å². The minimum Gasteiger partial charge on any atom is -0.399 e. The maximum Gasteiger partial charge on any atom is 0.0718 e. The number of hydrogen-bond acceptors (Lipinski definition) is 3. The molecule has 0 spiro atoms. The maximum atomic E-state index is 9.79. The lowest BCUT2D eigenvalue weighted by Crippen LogP contribution is -2.38. The van der Waals surface area contributed by atoms with Crippen molar-refractivity contribution < 1.29 is 5.11 Å². The first-order valence-corrected chi connectivity index (χ1v) is 5.70. The fourth-order valence-electron chi connectivity index (χ4n) is 1.78. The number of likely N-dealkylation sites (N-methyl/N-ethyl adjacent to an activating group) is 1. The third kappa shape index (κ3) is 4.64. The number of nitrogens with zero attached hydrogens (tertiary/aromatic N) is 1. The molecule has 0 saturated heterocycles. The smallest absolute Gasteiger partial charge is 0.0718 e. The van der Waals surface area contributed by atoms with Crippen LogP contribution in [0.5, 0.6) is 0 Å². The molecule has 1 aromatic rings. The van der Waals surface area contributed by atoms with Crippen LogP contribution in [0.3, 0.4) is 0 Å². The van der Waals surface area contributed by atoms with Gasteiger partial charge in [0, 0.05) is 18.8 Å². The minimum atomic E-state index is -0.656. The van der Waals surface area contributed by atoms with Gasteiger partial charge in [0.05, 0.1) is 5.60 Å². The molecule has 0 fully saturated rings. The topological polar surface area (TPSA) is 49.5 Å². The van der Waals surface area contributed by atoms with E-state index in [9.17, 15) is 5.11 Å². The fraction of sp³-hybridized carbons (Fsp3) is 0.538. The minimum absolute atomic E-state index is 0.656. The van der Waals surface area contributed by atoms with E-state index in [0.717, 1.165) is 18.8 Å². The van der Waals surface area contributed by atoms with E-state index in [1.165, 1.54) is 5.56 Å². The van der Waals surface area contributed by atoms with Gasteiger partial charge in [-0.15, -0.1) is 0 Å². The quantitative estimate of drug-likeness (QED) is 0.748. The van der Waals surface area contributed by atoms with Crippen LogP contribution >= 0.6 is 0 Å². The van der Waals surface area contributed by atoms with Crippen molar-refractivity contribution in [3.8, 4) is 0 Å². The van der Waals surface area contributed by atoms with E-state index in [0.29, 0.717) is 6.54 Å². The highest BCUT2D eigenvalue weighted by atomic mass is 16.3. The maximum absolute atomic E-state index is 9.79. The third-order valence-electron chi connectivity index (χ3n) is 2.41. The number of rotatable bonds is 5. The number of benzene rings is 1. The van der Waals surface area contributed by atoms with E-state index in [1.54, 1.807) is 0 Å². The molecule has 3 nitrogen and oxygen atoms in total. The molecule has 0 heterocycles. The molecule has 0 bridgehead atoms. The summed E-state index contributed by atoms with van der Waals surface area (Å²) in [5.41, 5.74) is 7.05. The summed E-state index contributed by atoms with van der Waals surface area (Å²) in [6.07, 6.45) is 0. The van der Waals surface area contributed by atoms with E-state index < -0.39 is 5.60 Å². The summed E-state index contributed by atoms with van der Waals surface area (Å²) in [5, 5.41) is 9.79. The summed E-state index contributed by atoms with van der Waals surface area (Å²) in [5.74, 6) is 0. The van der Waals surface area contributed by atoms with Crippen LogP contribution in [0.1, 0.15) is 26.3 Å². The Hall–Kier alpha value is -1.06. The number of aliphatic hydroxyl groups is 1. The van der Waals surface area contributed by atoms with Gasteiger partial charge >= 0.3 is 0 Å². The van der Waals surface area contributed by atoms with Gasteiger partial charge in [-0.05, 0) is 38.1 Å². The summed E-state index contributed by atoms with van der Waals surface area (Å²) in [4.78, 5) is 2.20. The second kappa shape index (κ2) is 5.32. The predicted octanol–water partition coefficient (Wildman–Crippen LogP) is 1.86. The van der Waals surface area contributed by atoms with Crippen molar-refractivity contribution in [2.45, 2.75) is 32.9 Å². The molecule has 0 amide bonds. The van der Waals surface area contributed by atoms with E-state index in [-0.39, 0.29) is 0 Å². The molecule has 0 aliphatic heterocycles. The highest BCUT2D eigenvalue weighted by molar-refractivity contribution is 5.40. The largest absolute Gasteiger partial charge is 0.399 e. The number of nitrogen functional groups attached to an aromatic ring is 1. The molecule has 90 valence electrons. The number of anilines is 1. The van der Waals surface area contributed by atoms with Gasteiger partial charge in [-0.3, -0.25) is 4.90 Å². The zero-order chi connectivity index (χ0) is 12.2. The van der Waals surface area contributed by atoms with Crippen molar-refractivity contribution >= 4 is 5.69 Å². The summed E-state index contributed by atoms with van der Waals surface area (Å²) < 4.78 is 0. The average Bonchev–Trinajstić information content (AvgIpc) is 2.14. The summed E-state index contributed by atoms with van der Waals surface area (Å²) in [6.45, 7) is 8.16. The van der Waals surface area contributed by atoms with Gasteiger partial charge in [-0.25, -0.2) is 0 Å². The summed E-state index contributed by atoms with van der Waals surface area (Å²) in [7, 11) is 0. The molecule has 0 saturated carbocycles. The van der Waals surface area contributed by atoms with Crippen LogP contribution in [-0.4, -0.2) is 28.7 Å². The molecule has 0 aromatic heterocycles. The fourth-order valence-corrected chi connectivity index (χ4v) is 1.78. The summed E-state index contributed by atoms with van der Waals surface area (Å²) in [6, 6.07) is 7.88. The standard InChI is InChI=1S/C13H22N2O/c1-4-15(10-13(2,3)16)9-11-6-5-7-12(14)8-11/h5-8,16H,4,9-10,14H2,1-3H3. The lowest BCUT2D eigenvalue weighted by molar-refractivity contribution is 0.0353. The van der Waals surface area contributed by atoms with Crippen LogP contribution in [0.2, 0.25) is 0 Å². The molecule has 1 rings (SSSR count). The van der Waals surface area contributed by atoms with Crippen molar-refractivity contribution in [3.05, 3.63) is 29.8 Å². The van der Waals surface area contributed by atoms with Crippen LogP contribution in [0, 0.1) is 0 Å². The Morgan fingerprint density at radius 3 is 2.56 bits per heavy atom. The van der Waals surface area contributed by atoms with Crippen LogP contribution in [0.4, 0.5) is 5.69 Å². The Kier molecular flexibility index (Phi) is 4.33. The molecule has 16 heavy (non-hydrogen) atoms. The Morgan fingerprint density at radius 2 is 2.06 bits per heavy atom. The normalized spacial score (nSPS) is 12.1.